The van der Waals surface area contributed by atoms with Gasteiger partial charge in [0.1, 0.15) is 0 Å². The molecule has 1 aromatic rings. The van der Waals surface area contributed by atoms with Crippen molar-refractivity contribution >= 4 is 5.91 Å². The molecule has 0 saturated carbocycles. The Balaban J connectivity index is 2.40. The topological polar surface area (TPSA) is 46.3 Å². The Morgan fingerprint density at radius 1 is 1.39 bits per heavy atom. The molecule has 1 aliphatic heterocycles. The molecular formula is C15H22N2O. The van der Waals surface area contributed by atoms with Crippen molar-refractivity contribution in [2.75, 3.05) is 6.54 Å². The number of hydrogen-bond acceptors (Lipinski definition) is 2. The number of amides is 1. The molecule has 2 atom stereocenters. The normalized spacial score (nSPS) is 23.8. The maximum atomic E-state index is 12.0. The van der Waals surface area contributed by atoms with Crippen LogP contribution in [0.1, 0.15) is 42.5 Å². The van der Waals surface area contributed by atoms with Crippen LogP contribution in [0.25, 0.3) is 0 Å². The molecule has 3 heteroatoms. The van der Waals surface area contributed by atoms with Gasteiger partial charge < -0.3 is 10.6 Å². The Hall–Kier alpha value is -1.35. The number of rotatable bonds is 3. The molecule has 98 valence electrons. The minimum absolute atomic E-state index is 0.0531. The first-order valence-corrected chi connectivity index (χ1v) is 6.67. The largest absolute Gasteiger partial charge is 0.334 e. The lowest BCUT2D eigenvalue weighted by Crippen LogP contribution is -2.34. The summed E-state index contributed by atoms with van der Waals surface area (Å²) in [5, 5.41) is 0. The molecule has 18 heavy (non-hydrogen) atoms. The molecular weight excluding hydrogens is 224 g/mol. The number of carbonyl (C=O) groups is 1. The Labute approximate surface area is 109 Å². The second-order valence-electron chi connectivity index (χ2n) is 5.19. The quantitative estimate of drug-likeness (QED) is 0.889. The SMILES string of the molecule is CCCN1C(=O)CC(N)C1c1cccc(C)c1C. The third-order valence-corrected chi connectivity index (χ3v) is 3.90. The summed E-state index contributed by atoms with van der Waals surface area (Å²) >= 11 is 0. The molecule has 0 aliphatic carbocycles. The van der Waals surface area contributed by atoms with Crippen molar-refractivity contribution in [1.29, 1.82) is 0 Å². The highest BCUT2D eigenvalue weighted by molar-refractivity contribution is 5.80. The number of likely N-dealkylation sites (tertiary alicyclic amines) is 1. The van der Waals surface area contributed by atoms with Crippen LogP contribution in [0.4, 0.5) is 0 Å². The van der Waals surface area contributed by atoms with Crippen LogP contribution in [0, 0.1) is 13.8 Å². The molecule has 3 nitrogen and oxygen atoms in total. The van der Waals surface area contributed by atoms with Crippen LogP contribution in [0.15, 0.2) is 18.2 Å². The van der Waals surface area contributed by atoms with Crippen LogP contribution in [0.3, 0.4) is 0 Å². The zero-order valence-electron chi connectivity index (χ0n) is 11.4. The summed E-state index contributed by atoms with van der Waals surface area (Å²) in [6.07, 6.45) is 1.44. The van der Waals surface area contributed by atoms with Crippen molar-refractivity contribution in [2.24, 2.45) is 5.73 Å². The van der Waals surface area contributed by atoms with Gasteiger partial charge in [0.05, 0.1) is 6.04 Å². The monoisotopic (exact) mass is 246 g/mol. The van der Waals surface area contributed by atoms with Crippen LogP contribution in [0.2, 0.25) is 0 Å². The summed E-state index contributed by atoms with van der Waals surface area (Å²) in [7, 11) is 0. The van der Waals surface area contributed by atoms with Crippen LogP contribution in [0.5, 0.6) is 0 Å². The Bertz CT molecular complexity index is 456. The van der Waals surface area contributed by atoms with Gasteiger partial charge in [-0.1, -0.05) is 25.1 Å². The first-order chi connectivity index (χ1) is 8.56. The molecule has 1 saturated heterocycles. The third-order valence-electron chi connectivity index (χ3n) is 3.90. The molecule has 1 amide bonds. The Morgan fingerprint density at radius 2 is 2.11 bits per heavy atom. The van der Waals surface area contributed by atoms with E-state index in [9.17, 15) is 4.79 Å². The van der Waals surface area contributed by atoms with Crippen LogP contribution < -0.4 is 5.73 Å². The van der Waals surface area contributed by atoms with E-state index in [4.69, 9.17) is 5.73 Å². The average Bonchev–Trinajstić information content (AvgIpc) is 2.59. The maximum Gasteiger partial charge on any atom is 0.224 e. The summed E-state index contributed by atoms with van der Waals surface area (Å²) in [5.74, 6) is 0.190. The predicted molar refractivity (Wildman–Crippen MR) is 73.3 cm³/mol. The van der Waals surface area contributed by atoms with E-state index >= 15 is 0 Å². The van der Waals surface area contributed by atoms with Gasteiger partial charge in [-0.15, -0.1) is 0 Å². The molecule has 1 heterocycles. The number of carbonyl (C=O) groups excluding carboxylic acids is 1. The number of nitrogens with zero attached hydrogens (tertiary/aromatic N) is 1. The van der Waals surface area contributed by atoms with Gasteiger partial charge in [-0.2, -0.15) is 0 Å². The van der Waals surface area contributed by atoms with E-state index in [1.165, 1.54) is 16.7 Å². The van der Waals surface area contributed by atoms with E-state index in [0.717, 1.165) is 13.0 Å². The van der Waals surface area contributed by atoms with Gasteiger partial charge in [0.2, 0.25) is 5.91 Å². The predicted octanol–water partition coefficient (Wildman–Crippen LogP) is 2.31. The summed E-state index contributed by atoms with van der Waals surface area (Å²) in [6.45, 7) is 7.11. The molecule has 1 aliphatic rings. The van der Waals surface area contributed by atoms with Crippen molar-refractivity contribution in [3.63, 3.8) is 0 Å². The molecule has 1 aromatic carbocycles. The lowest BCUT2D eigenvalue weighted by atomic mass is 9.93. The molecule has 2 N–H and O–H groups in total. The van der Waals surface area contributed by atoms with Gasteiger partial charge in [-0.3, -0.25) is 4.79 Å². The van der Waals surface area contributed by atoms with Crippen LogP contribution in [-0.2, 0) is 4.79 Å². The van der Waals surface area contributed by atoms with Gasteiger partial charge in [-0.05, 0) is 37.0 Å². The van der Waals surface area contributed by atoms with Crippen molar-refractivity contribution in [3.05, 3.63) is 34.9 Å². The molecule has 0 aromatic heterocycles. The molecule has 0 radical (unpaired) electrons. The standard InChI is InChI=1S/C15H22N2O/c1-4-8-17-14(18)9-13(16)15(17)12-7-5-6-10(2)11(12)3/h5-7,13,15H,4,8-9,16H2,1-3H3. The van der Waals surface area contributed by atoms with E-state index < -0.39 is 0 Å². The zero-order chi connectivity index (χ0) is 13.3. The van der Waals surface area contributed by atoms with Gasteiger partial charge in [0, 0.05) is 19.0 Å². The van der Waals surface area contributed by atoms with Gasteiger partial charge >= 0.3 is 0 Å². The van der Waals surface area contributed by atoms with Crippen LogP contribution in [-0.4, -0.2) is 23.4 Å². The lowest BCUT2D eigenvalue weighted by Gasteiger charge is -2.28. The first kappa shape index (κ1) is 13.1. The minimum Gasteiger partial charge on any atom is -0.334 e. The van der Waals surface area contributed by atoms with E-state index in [-0.39, 0.29) is 18.0 Å². The number of aryl methyl sites for hydroxylation is 1. The van der Waals surface area contributed by atoms with Crippen molar-refractivity contribution < 1.29 is 4.79 Å². The number of benzene rings is 1. The average molecular weight is 246 g/mol. The highest BCUT2D eigenvalue weighted by Crippen LogP contribution is 2.34. The smallest absolute Gasteiger partial charge is 0.224 e. The minimum atomic E-state index is -0.0791. The molecule has 0 bridgehead atoms. The van der Waals surface area contributed by atoms with Crippen molar-refractivity contribution in [3.8, 4) is 0 Å². The van der Waals surface area contributed by atoms with E-state index in [1.807, 2.05) is 4.90 Å². The first-order valence-electron chi connectivity index (χ1n) is 6.67. The molecule has 0 spiro atoms. The zero-order valence-corrected chi connectivity index (χ0v) is 11.4. The Kier molecular flexibility index (Phi) is 3.71. The second-order valence-corrected chi connectivity index (χ2v) is 5.19. The summed E-state index contributed by atoms with van der Waals surface area (Å²) < 4.78 is 0. The summed E-state index contributed by atoms with van der Waals surface area (Å²) in [6, 6.07) is 6.23. The second kappa shape index (κ2) is 5.11. The number of nitrogens with two attached hydrogens (primary N) is 1. The van der Waals surface area contributed by atoms with Crippen molar-refractivity contribution in [1.82, 2.24) is 4.90 Å². The lowest BCUT2D eigenvalue weighted by molar-refractivity contribution is -0.129. The Morgan fingerprint density at radius 3 is 2.78 bits per heavy atom. The third kappa shape index (κ3) is 2.15. The van der Waals surface area contributed by atoms with Crippen molar-refractivity contribution in [2.45, 2.75) is 45.7 Å². The van der Waals surface area contributed by atoms with Gasteiger partial charge in [0.25, 0.3) is 0 Å². The number of hydrogen-bond donors (Lipinski definition) is 1. The summed E-state index contributed by atoms with van der Waals surface area (Å²) in [4.78, 5) is 14.0. The fraction of sp³-hybridized carbons (Fsp3) is 0.533. The van der Waals surface area contributed by atoms with Gasteiger partial charge in [-0.25, -0.2) is 0 Å². The fourth-order valence-corrected chi connectivity index (χ4v) is 2.81. The summed E-state index contributed by atoms with van der Waals surface area (Å²) in [5.41, 5.74) is 9.91. The van der Waals surface area contributed by atoms with E-state index in [2.05, 4.69) is 39.0 Å². The molecule has 1 fully saturated rings. The highest BCUT2D eigenvalue weighted by atomic mass is 16.2. The van der Waals surface area contributed by atoms with Crippen LogP contribution >= 0.6 is 0 Å². The molecule has 2 rings (SSSR count). The highest BCUT2D eigenvalue weighted by Gasteiger charge is 2.38. The van der Waals surface area contributed by atoms with E-state index in [0.29, 0.717) is 6.42 Å². The molecule has 2 unspecified atom stereocenters. The fourth-order valence-electron chi connectivity index (χ4n) is 2.81. The maximum absolute atomic E-state index is 12.0. The van der Waals surface area contributed by atoms with E-state index in [1.54, 1.807) is 0 Å². The van der Waals surface area contributed by atoms with Gasteiger partial charge in [0.15, 0.2) is 0 Å².